The lowest BCUT2D eigenvalue weighted by molar-refractivity contribution is -0.126. The Labute approximate surface area is 86.3 Å². The van der Waals surface area contributed by atoms with E-state index in [1.165, 1.54) is 0 Å². The van der Waals surface area contributed by atoms with Crippen LogP contribution in [0, 0.1) is 11.8 Å². The topological polar surface area (TPSA) is 46.2 Å². The lowest BCUT2D eigenvalue weighted by atomic mass is 9.89. The van der Waals surface area contributed by atoms with E-state index in [9.17, 15) is 9.59 Å². The molecule has 0 saturated heterocycles. The van der Waals surface area contributed by atoms with Crippen LogP contribution < -0.4 is 5.32 Å². The molecule has 0 bridgehead atoms. The quantitative estimate of drug-likeness (QED) is 0.674. The Hall–Kier alpha value is -0.700. The van der Waals surface area contributed by atoms with Gasteiger partial charge in [0.2, 0.25) is 0 Å². The van der Waals surface area contributed by atoms with Crippen LogP contribution >= 0.6 is 0 Å². The van der Waals surface area contributed by atoms with Gasteiger partial charge in [-0.3, -0.25) is 9.59 Å². The summed E-state index contributed by atoms with van der Waals surface area (Å²) >= 11 is 0. The van der Waals surface area contributed by atoms with Crippen molar-refractivity contribution in [1.29, 1.82) is 0 Å². The van der Waals surface area contributed by atoms with Crippen LogP contribution in [0.15, 0.2) is 0 Å². The van der Waals surface area contributed by atoms with Crippen molar-refractivity contribution >= 4 is 11.6 Å². The minimum Gasteiger partial charge on any atom is -0.313 e. The van der Waals surface area contributed by atoms with Crippen LogP contribution in [0.2, 0.25) is 0 Å². The SMILES string of the molecule is CNCC(=O)C[C@H](CC(C)C)C(C)=O. The second-order valence-corrected chi connectivity index (χ2v) is 4.21. The largest absolute Gasteiger partial charge is 0.313 e. The summed E-state index contributed by atoms with van der Waals surface area (Å²) in [6.07, 6.45) is 1.19. The average Bonchev–Trinajstić information content (AvgIpc) is 2.02. The fourth-order valence-corrected chi connectivity index (χ4v) is 1.51. The zero-order chi connectivity index (χ0) is 11.1. The highest BCUT2D eigenvalue weighted by atomic mass is 16.1. The second-order valence-electron chi connectivity index (χ2n) is 4.21. The van der Waals surface area contributed by atoms with Gasteiger partial charge in [-0.25, -0.2) is 0 Å². The van der Waals surface area contributed by atoms with E-state index in [0.29, 0.717) is 18.9 Å². The molecule has 3 heteroatoms. The molecule has 0 heterocycles. The van der Waals surface area contributed by atoms with Crippen molar-refractivity contribution in [2.45, 2.75) is 33.6 Å². The van der Waals surface area contributed by atoms with E-state index in [2.05, 4.69) is 19.2 Å². The summed E-state index contributed by atoms with van der Waals surface area (Å²) in [5, 5.41) is 2.80. The highest BCUT2D eigenvalue weighted by Crippen LogP contribution is 2.16. The van der Waals surface area contributed by atoms with Crippen molar-refractivity contribution < 1.29 is 9.59 Å². The Morgan fingerprint density at radius 3 is 2.21 bits per heavy atom. The molecule has 0 aromatic carbocycles. The van der Waals surface area contributed by atoms with Gasteiger partial charge >= 0.3 is 0 Å². The first-order valence-corrected chi connectivity index (χ1v) is 5.14. The number of Topliss-reactive ketones (excluding diaryl/α,β-unsaturated/α-hetero) is 2. The predicted octanol–water partition coefficient (Wildman–Crippen LogP) is 1.42. The molecule has 1 atom stereocenters. The first-order chi connectivity index (χ1) is 6.47. The Morgan fingerprint density at radius 2 is 1.86 bits per heavy atom. The van der Waals surface area contributed by atoms with Crippen LogP contribution in [0.25, 0.3) is 0 Å². The Balaban J connectivity index is 4.09. The lowest BCUT2D eigenvalue weighted by Gasteiger charge is -2.14. The van der Waals surface area contributed by atoms with E-state index < -0.39 is 0 Å². The lowest BCUT2D eigenvalue weighted by Crippen LogP contribution is -2.24. The van der Waals surface area contributed by atoms with Gasteiger partial charge < -0.3 is 5.32 Å². The fourth-order valence-electron chi connectivity index (χ4n) is 1.51. The zero-order valence-corrected chi connectivity index (χ0v) is 9.59. The van der Waals surface area contributed by atoms with E-state index in [4.69, 9.17) is 0 Å². The normalized spacial score (nSPS) is 12.9. The first kappa shape index (κ1) is 13.3. The van der Waals surface area contributed by atoms with E-state index in [1.807, 2.05) is 0 Å². The molecule has 0 aromatic heterocycles. The van der Waals surface area contributed by atoms with E-state index in [-0.39, 0.29) is 17.5 Å². The summed E-state index contributed by atoms with van der Waals surface area (Å²) in [6, 6.07) is 0. The third-order valence-electron chi connectivity index (χ3n) is 2.18. The van der Waals surface area contributed by atoms with Gasteiger partial charge in [0.1, 0.15) is 11.6 Å². The molecule has 0 unspecified atom stereocenters. The molecule has 0 rings (SSSR count). The van der Waals surface area contributed by atoms with Crippen LogP contribution in [0.1, 0.15) is 33.6 Å². The summed E-state index contributed by atoms with van der Waals surface area (Å²) in [7, 11) is 1.74. The molecule has 0 radical (unpaired) electrons. The number of likely N-dealkylation sites (N-methyl/N-ethyl adjacent to an activating group) is 1. The number of rotatable bonds is 7. The van der Waals surface area contributed by atoms with Crippen molar-refractivity contribution in [3.63, 3.8) is 0 Å². The molecule has 0 aliphatic rings. The molecule has 3 nitrogen and oxygen atoms in total. The van der Waals surface area contributed by atoms with Gasteiger partial charge in [-0.1, -0.05) is 13.8 Å². The summed E-state index contributed by atoms with van der Waals surface area (Å²) in [4.78, 5) is 22.6. The van der Waals surface area contributed by atoms with E-state index in [1.54, 1.807) is 14.0 Å². The smallest absolute Gasteiger partial charge is 0.147 e. The molecule has 1 N–H and O–H groups in total. The molecule has 0 aliphatic heterocycles. The molecule has 0 amide bonds. The monoisotopic (exact) mass is 199 g/mol. The van der Waals surface area contributed by atoms with Crippen LogP contribution in [0.5, 0.6) is 0 Å². The predicted molar refractivity (Wildman–Crippen MR) is 57.2 cm³/mol. The number of hydrogen-bond acceptors (Lipinski definition) is 3. The zero-order valence-electron chi connectivity index (χ0n) is 9.59. The maximum Gasteiger partial charge on any atom is 0.147 e. The van der Waals surface area contributed by atoms with Crippen LogP contribution in [0.4, 0.5) is 0 Å². The minimum atomic E-state index is -0.0872. The highest BCUT2D eigenvalue weighted by Gasteiger charge is 2.18. The molecule has 0 aliphatic carbocycles. The number of nitrogens with one attached hydrogen (secondary N) is 1. The molecule has 82 valence electrons. The van der Waals surface area contributed by atoms with Gasteiger partial charge in [-0.05, 0) is 26.3 Å². The Bertz CT molecular complexity index is 199. The van der Waals surface area contributed by atoms with E-state index >= 15 is 0 Å². The van der Waals surface area contributed by atoms with Crippen molar-refractivity contribution in [3.05, 3.63) is 0 Å². The van der Waals surface area contributed by atoms with Gasteiger partial charge in [0.05, 0.1) is 6.54 Å². The average molecular weight is 199 g/mol. The number of carbonyl (C=O) groups excluding carboxylic acids is 2. The van der Waals surface area contributed by atoms with Crippen LogP contribution in [-0.2, 0) is 9.59 Å². The summed E-state index contributed by atoms with van der Waals surface area (Å²) in [6.45, 7) is 6.07. The van der Waals surface area contributed by atoms with Crippen molar-refractivity contribution in [1.82, 2.24) is 5.32 Å². The molecule has 0 spiro atoms. The third kappa shape index (κ3) is 5.86. The molecular weight excluding hydrogens is 178 g/mol. The molecule has 0 aromatic rings. The summed E-state index contributed by atoms with van der Waals surface area (Å²) in [5.41, 5.74) is 0. The summed E-state index contributed by atoms with van der Waals surface area (Å²) in [5.74, 6) is 0.624. The molecule has 0 saturated carbocycles. The number of carbonyl (C=O) groups is 2. The Morgan fingerprint density at radius 1 is 1.29 bits per heavy atom. The third-order valence-corrected chi connectivity index (χ3v) is 2.18. The first-order valence-electron chi connectivity index (χ1n) is 5.14. The maximum atomic E-state index is 11.3. The number of ketones is 2. The van der Waals surface area contributed by atoms with Gasteiger partial charge in [0, 0.05) is 12.3 Å². The second kappa shape index (κ2) is 6.71. The fraction of sp³-hybridized carbons (Fsp3) is 0.818. The Kier molecular flexibility index (Phi) is 6.37. The summed E-state index contributed by atoms with van der Waals surface area (Å²) < 4.78 is 0. The number of hydrogen-bond donors (Lipinski definition) is 1. The molecule has 14 heavy (non-hydrogen) atoms. The van der Waals surface area contributed by atoms with Gasteiger partial charge in [-0.2, -0.15) is 0 Å². The van der Waals surface area contributed by atoms with Crippen molar-refractivity contribution in [2.24, 2.45) is 11.8 Å². The molecular formula is C11H21NO2. The van der Waals surface area contributed by atoms with E-state index in [0.717, 1.165) is 6.42 Å². The van der Waals surface area contributed by atoms with Crippen molar-refractivity contribution in [3.8, 4) is 0 Å². The van der Waals surface area contributed by atoms with Gasteiger partial charge in [0.25, 0.3) is 0 Å². The van der Waals surface area contributed by atoms with Crippen LogP contribution in [-0.4, -0.2) is 25.2 Å². The molecule has 0 fully saturated rings. The van der Waals surface area contributed by atoms with Crippen molar-refractivity contribution in [2.75, 3.05) is 13.6 Å². The maximum absolute atomic E-state index is 11.3. The van der Waals surface area contributed by atoms with Crippen LogP contribution in [0.3, 0.4) is 0 Å². The minimum absolute atomic E-state index is 0.0872. The van der Waals surface area contributed by atoms with Gasteiger partial charge in [-0.15, -0.1) is 0 Å². The highest BCUT2D eigenvalue weighted by molar-refractivity contribution is 5.87. The standard InChI is InChI=1S/C11H21NO2/c1-8(2)5-10(9(3)13)6-11(14)7-12-4/h8,10,12H,5-7H2,1-4H3/t10-/m0/s1. The van der Waals surface area contributed by atoms with Gasteiger partial charge in [0.15, 0.2) is 0 Å².